The lowest BCUT2D eigenvalue weighted by molar-refractivity contribution is 0.477. The fourth-order valence-corrected chi connectivity index (χ4v) is 6.97. The summed E-state index contributed by atoms with van der Waals surface area (Å²) in [5.74, 6) is 0.502. The smallest absolute Gasteiger partial charge is 0.260 e. The van der Waals surface area contributed by atoms with Crippen molar-refractivity contribution < 1.29 is 8.42 Å². The molecular weight excluding hydrogens is 468 g/mol. The van der Waals surface area contributed by atoms with E-state index in [9.17, 15) is 13.2 Å². The molecule has 3 heterocycles. The number of hydrogen-bond acceptors (Lipinski definition) is 6. The highest BCUT2D eigenvalue weighted by Gasteiger charge is 2.27. The Labute approximate surface area is 202 Å². The van der Waals surface area contributed by atoms with Gasteiger partial charge >= 0.3 is 0 Å². The molecule has 34 heavy (non-hydrogen) atoms. The first-order valence-electron chi connectivity index (χ1n) is 11.3. The zero-order valence-electron chi connectivity index (χ0n) is 19.1. The zero-order valence-corrected chi connectivity index (χ0v) is 20.7. The fraction of sp³-hybridized carbons (Fsp3) is 0.280. The lowest BCUT2D eigenvalue weighted by Crippen LogP contribution is -2.27. The van der Waals surface area contributed by atoms with Gasteiger partial charge in [-0.1, -0.05) is 35.9 Å². The molecule has 2 N–H and O–H groups in total. The van der Waals surface area contributed by atoms with E-state index in [0.717, 1.165) is 28.8 Å². The average Bonchev–Trinajstić information content (AvgIpc) is 3.47. The highest BCUT2D eigenvalue weighted by molar-refractivity contribution is 7.89. The van der Waals surface area contributed by atoms with E-state index in [1.807, 2.05) is 44.2 Å². The summed E-state index contributed by atoms with van der Waals surface area (Å²) in [6.07, 6.45) is 1.79. The summed E-state index contributed by atoms with van der Waals surface area (Å²) < 4.78 is 27.3. The van der Waals surface area contributed by atoms with Crippen molar-refractivity contribution in [2.24, 2.45) is 0 Å². The number of hydrogen-bond donors (Lipinski definition) is 2. The highest BCUT2D eigenvalue weighted by atomic mass is 32.2. The third-order valence-electron chi connectivity index (χ3n) is 6.12. The van der Waals surface area contributed by atoms with E-state index >= 15 is 0 Å². The quantitative estimate of drug-likeness (QED) is 0.406. The van der Waals surface area contributed by atoms with Crippen LogP contribution in [0.25, 0.3) is 21.3 Å². The molecule has 0 bridgehead atoms. The molecule has 176 valence electrons. The molecule has 2 aromatic heterocycles. The summed E-state index contributed by atoms with van der Waals surface area (Å²) in [6, 6.07) is 14.9. The van der Waals surface area contributed by atoms with Gasteiger partial charge in [0.25, 0.3) is 5.56 Å². The number of benzene rings is 2. The molecule has 4 aromatic rings. The SMILES string of the molecule is Cc1ccc(-c2c(C)sc3nc(CNc4cccc(S(=O)(=O)N5CCCC5)c4)[nH]c(=O)c23)cc1. The molecule has 1 aliphatic heterocycles. The molecule has 0 amide bonds. The summed E-state index contributed by atoms with van der Waals surface area (Å²) >= 11 is 1.50. The second-order valence-corrected chi connectivity index (χ2v) is 11.7. The van der Waals surface area contributed by atoms with Gasteiger partial charge < -0.3 is 10.3 Å². The Kier molecular flexibility index (Phi) is 6.01. The topological polar surface area (TPSA) is 95.2 Å². The van der Waals surface area contributed by atoms with Gasteiger partial charge in [0, 0.05) is 29.2 Å². The van der Waals surface area contributed by atoms with Gasteiger partial charge in [-0.05, 0) is 50.5 Å². The van der Waals surface area contributed by atoms with E-state index in [-0.39, 0.29) is 17.0 Å². The highest BCUT2D eigenvalue weighted by Crippen LogP contribution is 2.35. The van der Waals surface area contributed by atoms with Crippen LogP contribution in [0.5, 0.6) is 0 Å². The zero-order chi connectivity index (χ0) is 23.9. The number of aromatic amines is 1. The van der Waals surface area contributed by atoms with E-state index in [0.29, 0.717) is 34.8 Å². The van der Waals surface area contributed by atoms with Crippen LogP contribution in [0.2, 0.25) is 0 Å². The van der Waals surface area contributed by atoms with Crippen LogP contribution < -0.4 is 10.9 Å². The van der Waals surface area contributed by atoms with Gasteiger partial charge in [-0.15, -0.1) is 11.3 Å². The van der Waals surface area contributed by atoms with Crippen LogP contribution in [0.15, 0.2) is 58.2 Å². The number of aromatic nitrogens is 2. The van der Waals surface area contributed by atoms with Gasteiger partial charge in [0.05, 0.1) is 16.8 Å². The molecule has 7 nitrogen and oxygen atoms in total. The Morgan fingerprint density at radius 2 is 1.82 bits per heavy atom. The Morgan fingerprint density at radius 3 is 2.56 bits per heavy atom. The minimum atomic E-state index is -3.49. The standard InChI is InChI=1S/C25H26N4O3S2/c1-16-8-10-18(11-9-16)22-17(2)33-25-23(22)24(30)27-21(28-25)15-26-19-6-5-7-20(14-19)34(31,32)29-12-3-4-13-29/h5-11,14,26H,3-4,12-13,15H2,1-2H3,(H,27,28,30). The second-order valence-electron chi connectivity index (χ2n) is 8.58. The van der Waals surface area contributed by atoms with E-state index < -0.39 is 10.0 Å². The number of nitrogens with zero attached hydrogens (tertiary/aromatic N) is 2. The van der Waals surface area contributed by atoms with Gasteiger partial charge in [-0.3, -0.25) is 4.79 Å². The number of sulfonamides is 1. The molecule has 0 unspecified atom stereocenters. The third-order valence-corrected chi connectivity index (χ3v) is 9.02. The summed E-state index contributed by atoms with van der Waals surface area (Å²) in [7, 11) is -3.49. The summed E-state index contributed by atoms with van der Waals surface area (Å²) in [4.78, 5) is 22.6. The first kappa shape index (κ1) is 22.8. The van der Waals surface area contributed by atoms with Crippen LogP contribution in [-0.2, 0) is 16.6 Å². The largest absolute Gasteiger partial charge is 0.378 e. The number of aryl methyl sites for hydroxylation is 2. The van der Waals surface area contributed by atoms with Crippen molar-refractivity contribution in [3.05, 3.63) is 75.1 Å². The molecule has 1 aliphatic rings. The summed E-state index contributed by atoms with van der Waals surface area (Å²) in [5.41, 5.74) is 3.58. The lowest BCUT2D eigenvalue weighted by Gasteiger charge is -2.16. The van der Waals surface area contributed by atoms with Gasteiger partial charge in [0.1, 0.15) is 10.7 Å². The number of rotatable bonds is 6. The molecule has 0 radical (unpaired) electrons. The molecule has 0 spiro atoms. The maximum absolute atomic E-state index is 13.0. The molecule has 0 atom stereocenters. The van der Waals surface area contributed by atoms with Crippen molar-refractivity contribution in [1.82, 2.24) is 14.3 Å². The lowest BCUT2D eigenvalue weighted by atomic mass is 10.0. The van der Waals surface area contributed by atoms with Crippen LogP contribution in [0.1, 0.15) is 29.1 Å². The molecule has 0 aliphatic carbocycles. The number of thiophene rings is 1. The number of fused-ring (bicyclic) bond motifs is 1. The van der Waals surface area contributed by atoms with Crippen LogP contribution >= 0.6 is 11.3 Å². The third kappa shape index (κ3) is 4.26. The minimum absolute atomic E-state index is 0.174. The van der Waals surface area contributed by atoms with Crippen LogP contribution in [-0.4, -0.2) is 35.8 Å². The average molecular weight is 495 g/mol. The Bertz CT molecular complexity index is 1520. The molecule has 0 saturated carbocycles. The molecule has 2 aromatic carbocycles. The Hall–Kier alpha value is -3.01. The fourth-order valence-electron chi connectivity index (χ4n) is 4.34. The number of nitrogens with one attached hydrogen (secondary N) is 2. The van der Waals surface area contributed by atoms with Gasteiger partial charge in [0.15, 0.2) is 0 Å². The maximum atomic E-state index is 13.0. The Balaban J connectivity index is 1.40. The van der Waals surface area contributed by atoms with E-state index in [1.165, 1.54) is 21.2 Å². The van der Waals surface area contributed by atoms with Gasteiger partial charge in [-0.25, -0.2) is 13.4 Å². The monoisotopic (exact) mass is 494 g/mol. The molecule has 9 heteroatoms. The van der Waals surface area contributed by atoms with Gasteiger partial charge in [0.2, 0.25) is 10.0 Å². The normalized spacial score (nSPS) is 14.6. The van der Waals surface area contributed by atoms with Crippen LogP contribution in [0.4, 0.5) is 5.69 Å². The van der Waals surface area contributed by atoms with Crippen molar-refractivity contribution in [2.75, 3.05) is 18.4 Å². The van der Waals surface area contributed by atoms with Crippen molar-refractivity contribution in [3.63, 3.8) is 0 Å². The maximum Gasteiger partial charge on any atom is 0.260 e. The molecule has 5 rings (SSSR count). The van der Waals surface area contributed by atoms with Crippen LogP contribution in [0, 0.1) is 13.8 Å². The van der Waals surface area contributed by atoms with Gasteiger partial charge in [-0.2, -0.15) is 4.31 Å². The Morgan fingerprint density at radius 1 is 1.09 bits per heavy atom. The molecular formula is C25H26N4O3S2. The molecule has 1 saturated heterocycles. The minimum Gasteiger partial charge on any atom is -0.378 e. The predicted octanol–water partition coefficient (Wildman–Crippen LogP) is 4.67. The predicted molar refractivity (Wildman–Crippen MR) is 137 cm³/mol. The molecule has 1 fully saturated rings. The number of anilines is 1. The number of H-pyrrole nitrogens is 1. The summed E-state index contributed by atoms with van der Waals surface area (Å²) in [5, 5.41) is 3.81. The van der Waals surface area contributed by atoms with E-state index in [1.54, 1.807) is 18.2 Å². The van der Waals surface area contributed by atoms with Crippen molar-refractivity contribution >= 4 is 37.3 Å². The van der Waals surface area contributed by atoms with Crippen LogP contribution in [0.3, 0.4) is 0 Å². The second kappa shape index (κ2) is 8.98. The van der Waals surface area contributed by atoms with E-state index in [4.69, 9.17) is 0 Å². The first-order chi connectivity index (χ1) is 16.3. The van der Waals surface area contributed by atoms with Crippen molar-refractivity contribution in [1.29, 1.82) is 0 Å². The van der Waals surface area contributed by atoms with E-state index in [2.05, 4.69) is 15.3 Å². The summed E-state index contributed by atoms with van der Waals surface area (Å²) in [6.45, 7) is 5.44. The first-order valence-corrected chi connectivity index (χ1v) is 13.5. The van der Waals surface area contributed by atoms with Crippen molar-refractivity contribution in [3.8, 4) is 11.1 Å². The van der Waals surface area contributed by atoms with Crippen molar-refractivity contribution in [2.45, 2.75) is 38.1 Å².